The number of phenolic OH excluding ortho intramolecular Hbond substituents is 3. The first-order valence-electron chi connectivity index (χ1n) is 5.94. The third-order valence-electron chi connectivity index (χ3n) is 2.85. The molecule has 0 unspecified atom stereocenters. The monoisotopic (exact) mass is 269 g/mol. The van der Waals surface area contributed by atoms with Crippen molar-refractivity contribution < 1.29 is 25.2 Å². The summed E-state index contributed by atoms with van der Waals surface area (Å²) in [6.07, 6.45) is 0.367. The number of rotatable bonds is 5. The fourth-order valence-corrected chi connectivity index (χ4v) is 1.98. The standard InChI is InChI=1S/C13H19NO5/c1-7(2)4-9(13(18)19)14(3)12-10(16)5-8(15)6-11(12)17/h5-7,9,15-17H,4H2,1-3H3,(H,18,19)/t9-/m0/s1. The zero-order chi connectivity index (χ0) is 14.7. The number of nitrogens with zero attached hydrogens (tertiary/aromatic N) is 1. The number of phenols is 3. The zero-order valence-electron chi connectivity index (χ0n) is 11.2. The van der Waals surface area contributed by atoms with Gasteiger partial charge >= 0.3 is 5.97 Å². The topological polar surface area (TPSA) is 101 Å². The van der Waals surface area contributed by atoms with Crippen LogP contribution in [-0.2, 0) is 4.79 Å². The highest BCUT2D eigenvalue weighted by Gasteiger charge is 2.27. The van der Waals surface area contributed by atoms with Gasteiger partial charge in [-0.3, -0.25) is 0 Å². The molecule has 0 heterocycles. The van der Waals surface area contributed by atoms with E-state index in [-0.39, 0.29) is 28.9 Å². The summed E-state index contributed by atoms with van der Waals surface area (Å²) in [6, 6.07) is 1.24. The van der Waals surface area contributed by atoms with Crippen molar-refractivity contribution >= 4 is 11.7 Å². The van der Waals surface area contributed by atoms with Crippen LogP contribution in [0, 0.1) is 5.92 Å². The van der Waals surface area contributed by atoms with Crippen LogP contribution in [0.25, 0.3) is 0 Å². The second-order valence-electron chi connectivity index (χ2n) is 4.93. The number of carbonyl (C=O) groups is 1. The van der Waals surface area contributed by atoms with Gasteiger partial charge in [0, 0.05) is 19.2 Å². The SMILES string of the molecule is CC(C)C[C@@H](C(=O)O)N(C)c1c(O)cc(O)cc1O. The van der Waals surface area contributed by atoms with Gasteiger partial charge in [0.2, 0.25) is 0 Å². The lowest BCUT2D eigenvalue weighted by atomic mass is 10.0. The molecule has 0 aliphatic rings. The van der Waals surface area contributed by atoms with E-state index < -0.39 is 12.0 Å². The highest BCUT2D eigenvalue weighted by Crippen LogP contribution is 2.40. The van der Waals surface area contributed by atoms with Crippen LogP contribution in [0.5, 0.6) is 17.2 Å². The van der Waals surface area contributed by atoms with Crippen molar-refractivity contribution in [2.24, 2.45) is 5.92 Å². The predicted molar refractivity (Wildman–Crippen MR) is 70.7 cm³/mol. The van der Waals surface area contributed by atoms with E-state index in [0.717, 1.165) is 12.1 Å². The number of likely N-dealkylation sites (N-methyl/N-ethyl adjacent to an activating group) is 1. The molecule has 0 fully saturated rings. The average molecular weight is 269 g/mol. The second-order valence-corrected chi connectivity index (χ2v) is 4.93. The first-order valence-corrected chi connectivity index (χ1v) is 5.94. The Labute approximate surface area is 111 Å². The van der Waals surface area contributed by atoms with Crippen LogP contribution in [0.3, 0.4) is 0 Å². The molecule has 1 aromatic carbocycles. The molecule has 0 amide bonds. The summed E-state index contributed by atoms with van der Waals surface area (Å²) in [4.78, 5) is 12.6. The molecule has 19 heavy (non-hydrogen) atoms. The molecule has 0 spiro atoms. The van der Waals surface area contributed by atoms with Crippen molar-refractivity contribution in [3.05, 3.63) is 12.1 Å². The lowest BCUT2D eigenvalue weighted by Crippen LogP contribution is -2.39. The Hall–Kier alpha value is -2.11. The summed E-state index contributed by atoms with van der Waals surface area (Å²) in [5.74, 6) is -1.92. The largest absolute Gasteiger partial charge is 0.508 e. The van der Waals surface area contributed by atoms with Crippen molar-refractivity contribution in [1.82, 2.24) is 0 Å². The van der Waals surface area contributed by atoms with Gasteiger partial charge in [0.15, 0.2) is 0 Å². The van der Waals surface area contributed by atoms with E-state index in [1.165, 1.54) is 11.9 Å². The van der Waals surface area contributed by atoms with Crippen LogP contribution < -0.4 is 4.90 Å². The Morgan fingerprint density at radius 1 is 1.21 bits per heavy atom. The van der Waals surface area contributed by atoms with Gasteiger partial charge in [-0.15, -0.1) is 0 Å². The normalized spacial score (nSPS) is 12.4. The number of hydrogen-bond donors (Lipinski definition) is 4. The fourth-order valence-electron chi connectivity index (χ4n) is 1.98. The summed E-state index contributed by atoms with van der Waals surface area (Å²) in [5, 5.41) is 38.0. The van der Waals surface area contributed by atoms with Gasteiger partial charge in [-0.25, -0.2) is 4.79 Å². The van der Waals surface area contributed by atoms with Crippen LogP contribution in [0.1, 0.15) is 20.3 Å². The molecular weight excluding hydrogens is 250 g/mol. The first-order chi connectivity index (χ1) is 8.73. The summed E-state index contributed by atoms with van der Waals surface area (Å²) < 4.78 is 0. The molecule has 6 nitrogen and oxygen atoms in total. The Morgan fingerprint density at radius 3 is 2.05 bits per heavy atom. The quantitative estimate of drug-likeness (QED) is 0.649. The van der Waals surface area contributed by atoms with Crippen molar-refractivity contribution in [2.45, 2.75) is 26.3 Å². The molecule has 0 saturated carbocycles. The summed E-state index contributed by atoms with van der Waals surface area (Å²) in [5.41, 5.74) is -0.00847. The number of carboxylic acid groups (broad SMARTS) is 1. The maximum atomic E-state index is 11.3. The van der Waals surface area contributed by atoms with E-state index in [0.29, 0.717) is 6.42 Å². The second kappa shape index (κ2) is 5.69. The zero-order valence-corrected chi connectivity index (χ0v) is 11.2. The third kappa shape index (κ3) is 3.43. The van der Waals surface area contributed by atoms with E-state index >= 15 is 0 Å². The van der Waals surface area contributed by atoms with Crippen LogP contribution >= 0.6 is 0 Å². The molecule has 1 rings (SSSR count). The average Bonchev–Trinajstić information content (AvgIpc) is 2.23. The van der Waals surface area contributed by atoms with Crippen LogP contribution in [0.2, 0.25) is 0 Å². The highest BCUT2D eigenvalue weighted by atomic mass is 16.4. The van der Waals surface area contributed by atoms with Gasteiger partial charge in [-0.2, -0.15) is 0 Å². The predicted octanol–water partition coefficient (Wildman–Crippen LogP) is 1.74. The first kappa shape index (κ1) is 14.9. The Morgan fingerprint density at radius 2 is 1.68 bits per heavy atom. The molecular formula is C13H19NO5. The van der Waals surface area contributed by atoms with Crippen LogP contribution in [0.15, 0.2) is 12.1 Å². The minimum atomic E-state index is -1.04. The van der Waals surface area contributed by atoms with E-state index in [1.807, 2.05) is 13.8 Å². The maximum absolute atomic E-state index is 11.3. The number of hydrogen-bond acceptors (Lipinski definition) is 5. The van der Waals surface area contributed by atoms with Crippen LogP contribution in [-0.4, -0.2) is 39.5 Å². The van der Waals surface area contributed by atoms with Crippen molar-refractivity contribution in [1.29, 1.82) is 0 Å². The Kier molecular flexibility index (Phi) is 4.47. The minimum absolute atomic E-state index is 0.00847. The highest BCUT2D eigenvalue weighted by molar-refractivity contribution is 5.81. The van der Waals surface area contributed by atoms with Gasteiger partial charge in [-0.1, -0.05) is 13.8 Å². The van der Waals surface area contributed by atoms with Gasteiger partial charge in [0.05, 0.1) is 0 Å². The molecule has 0 aliphatic heterocycles. The molecule has 0 radical (unpaired) electrons. The van der Waals surface area contributed by atoms with Crippen LogP contribution in [0.4, 0.5) is 5.69 Å². The Bertz CT molecular complexity index is 449. The van der Waals surface area contributed by atoms with E-state index in [2.05, 4.69) is 0 Å². The van der Waals surface area contributed by atoms with Crippen molar-refractivity contribution in [2.75, 3.05) is 11.9 Å². The van der Waals surface area contributed by atoms with Crippen molar-refractivity contribution in [3.8, 4) is 17.2 Å². The van der Waals surface area contributed by atoms with E-state index in [1.54, 1.807) is 0 Å². The lowest BCUT2D eigenvalue weighted by Gasteiger charge is -2.29. The van der Waals surface area contributed by atoms with Gasteiger partial charge in [0.25, 0.3) is 0 Å². The molecule has 0 bridgehead atoms. The molecule has 0 aromatic heterocycles. The van der Waals surface area contributed by atoms with Gasteiger partial charge in [0.1, 0.15) is 29.0 Å². The number of benzene rings is 1. The molecule has 1 aromatic rings. The minimum Gasteiger partial charge on any atom is -0.508 e. The lowest BCUT2D eigenvalue weighted by molar-refractivity contribution is -0.138. The van der Waals surface area contributed by atoms with E-state index in [4.69, 9.17) is 0 Å². The number of aromatic hydroxyl groups is 3. The molecule has 4 N–H and O–H groups in total. The van der Waals surface area contributed by atoms with Gasteiger partial charge < -0.3 is 25.3 Å². The number of carboxylic acids is 1. The Balaban J connectivity index is 3.16. The smallest absolute Gasteiger partial charge is 0.326 e. The third-order valence-corrected chi connectivity index (χ3v) is 2.85. The number of anilines is 1. The van der Waals surface area contributed by atoms with E-state index in [9.17, 15) is 25.2 Å². The molecule has 0 saturated heterocycles. The number of aliphatic carboxylic acids is 1. The van der Waals surface area contributed by atoms with Gasteiger partial charge in [-0.05, 0) is 12.3 Å². The molecule has 6 heteroatoms. The molecule has 1 atom stereocenters. The summed E-state index contributed by atoms with van der Waals surface area (Å²) >= 11 is 0. The molecule has 106 valence electrons. The molecule has 0 aliphatic carbocycles. The fraction of sp³-hybridized carbons (Fsp3) is 0.462. The van der Waals surface area contributed by atoms with Crippen molar-refractivity contribution in [3.63, 3.8) is 0 Å². The maximum Gasteiger partial charge on any atom is 0.326 e. The summed E-state index contributed by atoms with van der Waals surface area (Å²) in [6.45, 7) is 3.78. The summed E-state index contributed by atoms with van der Waals surface area (Å²) in [7, 11) is 1.48.